The van der Waals surface area contributed by atoms with Gasteiger partial charge in [-0.15, -0.1) is 0 Å². The van der Waals surface area contributed by atoms with E-state index in [1.54, 1.807) is 0 Å². The van der Waals surface area contributed by atoms with Crippen molar-refractivity contribution >= 4 is 0 Å². The van der Waals surface area contributed by atoms with Gasteiger partial charge in [0.25, 0.3) is 0 Å². The van der Waals surface area contributed by atoms with Gasteiger partial charge in [-0.25, -0.2) is 0 Å². The average molecular weight is 282 g/mol. The maximum atomic E-state index is 8.77. The fourth-order valence-corrected chi connectivity index (χ4v) is 2.38. The van der Waals surface area contributed by atoms with Crippen molar-refractivity contribution in [3.8, 4) is 6.07 Å². The molecule has 4 heteroatoms. The summed E-state index contributed by atoms with van der Waals surface area (Å²) in [6.45, 7) is 9.04. The summed E-state index contributed by atoms with van der Waals surface area (Å²) in [5.41, 5.74) is 4.20. The third-order valence-corrected chi connectivity index (χ3v) is 3.49. The first kappa shape index (κ1) is 15.3. The molecule has 1 heterocycles. The Morgan fingerprint density at radius 2 is 2.00 bits per heavy atom. The van der Waals surface area contributed by atoms with Crippen LogP contribution in [0.4, 0.5) is 0 Å². The molecule has 2 aromatic rings. The van der Waals surface area contributed by atoms with Crippen LogP contribution in [-0.4, -0.2) is 16.3 Å². The van der Waals surface area contributed by atoms with Gasteiger partial charge in [-0.3, -0.25) is 4.68 Å². The van der Waals surface area contributed by atoms with Crippen molar-refractivity contribution in [2.75, 3.05) is 6.54 Å². The van der Waals surface area contributed by atoms with Gasteiger partial charge in [0.15, 0.2) is 0 Å². The minimum atomic E-state index is 0.515. The van der Waals surface area contributed by atoms with Crippen molar-refractivity contribution in [1.29, 1.82) is 5.26 Å². The first-order chi connectivity index (χ1) is 10.1. The highest BCUT2D eigenvalue weighted by Gasteiger charge is 2.06. The van der Waals surface area contributed by atoms with Crippen LogP contribution in [0.1, 0.15) is 29.4 Å². The standard InChI is InChI=1S/C17H22N4/c1-13(12-21-15(3)8-14(2)20-21)10-19-11-17-6-4-16(9-18)5-7-17/h4-8,13,19H,10-12H2,1-3H3. The number of nitriles is 1. The fourth-order valence-electron chi connectivity index (χ4n) is 2.38. The molecule has 1 atom stereocenters. The lowest BCUT2D eigenvalue weighted by molar-refractivity contribution is 0.416. The monoisotopic (exact) mass is 282 g/mol. The van der Waals surface area contributed by atoms with Crippen LogP contribution in [0.15, 0.2) is 30.3 Å². The molecule has 0 aliphatic rings. The summed E-state index contributed by atoms with van der Waals surface area (Å²) >= 11 is 0. The molecule has 21 heavy (non-hydrogen) atoms. The number of hydrogen-bond donors (Lipinski definition) is 1. The summed E-state index contributed by atoms with van der Waals surface area (Å²) in [6, 6.07) is 12.0. The average Bonchev–Trinajstić information content (AvgIpc) is 2.77. The Kier molecular flexibility index (Phi) is 5.13. The highest BCUT2D eigenvalue weighted by molar-refractivity contribution is 5.31. The first-order valence-electron chi connectivity index (χ1n) is 7.29. The molecule has 0 fully saturated rings. The molecule has 1 aromatic carbocycles. The van der Waals surface area contributed by atoms with Crippen molar-refractivity contribution in [3.63, 3.8) is 0 Å². The van der Waals surface area contributed by atoms with Crippen LogP contribution in [0, 0.1) is 31.1 Å². The molecule has 1 unspecified atom stereocenters. The molecule has 0 aliphatic heterocycles. The second kappa shape index (κ2) is 7.05. The van der Waals surface area contributed by atoms with E-state index in [1.165, 1.54) is 11.3 Å². The van der Waals surface area contributed by atoms with Gasteiger partial charge in [0.1, 0.15) is 0 Å². The number of aryl methyl sites for hydroxylation is 2. The SMILES string of the molecule is Cc1cc(C)n(CC(C)CNCc2ccc(C#N)cc2)n1. The summed E-state index contributed by atoms with van der Waals surface area (Å²) in [7, 11) is 0. The lowest BCUT2D eigenvalue weighted by atomic mass is 10.1. The fraction of sp³-hybridized carbons (Fsp3) is 0.412. The van der Waals surface area contributed by atoms with Crippen LogP contribution in [-0.2, 0) is 13.1 Å². The zero-order chi connectivity index (χ0) is 15.2. The van der Waals surface area contributed by atoms with Gasteiger partial charge in [-0.1, -0.05) is 19.1 Å². The molecule has 0 aliphatic carbocycles. The molecule has 4 nitrogen and oxygen atoms in total. The largest absolute Gasteiger partial charge is 0.312 e. The van der Waals surface area contributed by atoms with Gasteiger partial charge in [0.05, 0.1) is 17.3 Å². The van der Waals surface area contributed by atoms with Crippen LogP contribution in [0.3, 0.4) is 0 Å². The van der Waals surface area contributed by atoms with Crippen LogP contribution in [0.5, 0.6) is 0 Å². The van der Waals surface area contributed by atoms with Crippen LogP contribution >= 0.6 is 0 Å². The number of nitrogens with one attached hydrogen (secondary N) is 1. The molecule has 0 amide bonds. The van der Waals surface area contributed by atoms with E-state index in [0.717, 1.165) is 25.3 Å². The Hall–Kier alpha value is -2.12. The molecule has 0 saturated carbocycles. The Morgan fingerprint density at radius 3 is 2.57 bits per heavy atom. The van der Waals surface area contributed by atoms with Crippen molar-refractivity contribution in [2.45, 2.75) is 33.9 Å². The number of aromatic nitrogens is 2. The van der Waals surface area contributed by atoms with E-state index in [9.17, 15) is 0 Å². The summed E-state index contributed by atoms with van der Waals surface area (Å²) < 4.78 is 2.07. The maximum absolute atomic E-state index is 8.77. The Bertz CT molecular complexity index is 619. The van der Waals surface area contributed by atoms with Gasteiger partial charge in [0.2, 0.25) is 0 Å². The smallest absolute Gasteiger partial charge is 0.0991 e. The van der Waals surface area contributed by atoms with E-state index in [4.69, 9.17) is 5.26 Å². The summed E-state index contributed by atoms with van der Waals surface area (Å²) in [5.74, 6) is 0.515. The number of nitrogens with zero attached hydrogens (tertiary/aromatic N) is 3. The number of benzene rings is 1. The summed E-state index contributed by atoms with van der Waals surface area (Å²) in [6.07, 6.45) is 0. The van der Waals surface area contributed by atoms with Crippen LogP contribution in [0.2, 0.25) is 0 Å². The zero-order valence-electron chi connectivity index (χ0n) is 12.9. The van der Waals surface area contributed by atoms with Gasteiger partial charge >= 0.3 is 0 Å². The minimum Gasteiger partial charge on any atom is -0.312 e. The van der Waals surface area contributed by atoms with E-state index >= 15 is 0 Å². The number of rotatable bonds is 6. The van der Waals surface area contributed by atoms with Gasteiger partial charge in [-0.05, 0) is 50.1 Å². The van der Waals surface area contributed by atoms with Crippen LogP contribution < -0.4 is 5.32 Å². The van der Waals surface area contributed by atoms with Crippen molar-refractivity contribution < 1.29 is 0 Å². The molecule has 110 valence electrons. The topological polar surface area (TPSA) is 53.6 Å². The zero-order valence-corrected chi connectivity index (χ0v) is 12.9. The third-order valence-electron chi connectivity index (χ3n) is 3.49. The number of hydrogen-bond acceptors (Lipinski definition) is 3. The Balaban J connectivity index is 1.77. The Labute approximate surface area is 126 Å². The van der Waals surface area contributed by atoms with Crippen molar-refractivity contribution in [3.05, 3.63) is 52.8 Å². The van der Waals surface area contributed by atoms with Gasteiger partial charge in [0, 0.05) is 18.8 Å². The van der Waals surface area contributed by atoms with Crippen molar-refractivity contribution in [2.24, 2.45) is 5.92 Å². The molecule has 0 radical (unpaired) electrons. The van der Waals surface area contributed by atoms with Gasteiger partial charge in [-0.2, -0.15) is 10.4 Å². The second-order valence-electron chi connectivity index (χ2n) is 5.65. The molecule has 1 N–H and O–H groups in total. The lowest BCUT2D eigenvalue weighted by Gasteiger charge is -2.14. The summed E-state index contributed by atoms with van der Waals surface area (Å²) in [4.78, 5) is 0. The predicted molar refractivity (Wildman–Crippen MR) is 83.7 cm³/mol. The quantitative estimate of drug-likeness (QED) is 0.886. The van der Waals surface area contributed by atoms with Crippen molar-refractivity contribution in [1.82, 2.24) is 15.1 Å². The molecule has 1 aromatic heterocycles. The van der Waals surface area contributed by atoms with E-state index in [1.807, 2.05) is 31.2 Å². The van der Waals surface area contributed by atoms with Crippen LogP contribution in [0.25, 0.3) is 0 Å². The van der Waals surface area contributed by atoms with Gasteiger partial charge < -0.3 is 5.32 Å². The highest BCUT2D eigenvalue weighted by Crippen LogP contribution is 2.07. The minimum absolute atomic E-state index is 0.515. The van der Waals surface area contributed by atoms with E-state index in [0.29, 0.717) is 11.5 Å². The molecule has 0 bridgehead atoms. The van der Waals surface area contributed by atoms with E-state index in [-0.39, 0.29) is 0 Å². The van der Waals surface area contributed by atoms with E-state index in [2.05, 4.69) is 41.1 Å². The molecule has 0 saturated heterocycles. The molecular weight excluding hydrogens is 260 g/mol. The molecular formula is C17H22N4. The Morgan fingerprint density at radius 1 is 1.29 bits per heavy atom. The van der Waals surface area contributed by atoms with E-state index < -0.39 is 0 Å². The maximum Gasteiger partial charge on any atom is 0.0991 e. The predicted octanol–water partition coefficient (Wildman–Crippen LogP) is 2.80. The third kappa shape index (κ3) is 4.44. The second-order valence-corrected chi connectivity index (χ2v) is 5.65. The first-order valence-corrected chi connectivity index (χ1v) is 7.29. The molecule has 2 rings (SSSR count). The normalized spacial score (nSPS) is 12.1. The molecule has 0 spiro atoms. The summed E-state index contributed by atoms with van der Waals surface area (Å²) in [5, 5.41) is 16.7. The lowest BCUT2D eigenvalue weighted by Crippen LogP contribution is -2.24. The highest BCUT2D eigenvalue weighted by atomic mass is 15.3.